The van der Waals surface area contributed by atoms with Gasteiger partial charge in [0.25, 0.3) is 0 Å². The lowest BCUT2D eigenvalue weighted by atomic mass is 10.0. The number of Topliss-reactive ketones (excluding diaryl/α,β-unsaturated/α-hetero) is 1. The number of rotatable bonds is 5. The van der Waals surface area contributed by atoms with Crippen molar-refractivity contribution in [3.05, 3.63) is 33.4 Å². The summed E-state index contributed by atoms with van der Waals surface area (Å²) in [6.07, 6.45) is 0.398. The molecule has 6 nitrogen and oxygen atoms in total. The zero-order valence-corrected chi connectivity index (χ0v) is 9.43. The normalized spacial score (nSPS) is 9.76. The highest BCUT2D eigenvalue weighted by Gasteiger charge is 2.23. The molecular weight excluding hydrogens is 226 g/mol. The second-order valence-electron chi connectivity index (χ2n) is 3.24. The molecule has 0 bridgehead atoms. The number of ketones is 1. The van der Waals surface area contributed by atoms with Crippen LogP contribution in [0.15, 0.2) is 12.1 Å². The van der Waals surface area contributed by atoms with Gasteiger partial charge in [-0.05, 0) is 19.9 Å². The predicted octanol–water partition coefficient (Wildman–Crippen LogP) is 2.01. The molecule has 0 fully saturated rings. The van der Waals surface area contributed by atoms with E-state index in [9.17, 15) is 19.7 Å². The molecule has 0 aliphatic heterocycles. The van der Waals surface area contributed by atoms with Crippen LogP contribution in [0.2, 0.25) is 0 Å². The van der Waals surface area contributed by atoms with Crippen molar-refractivity contribution >= 4 is 17.8 Å². The van der Waals surface area contributed by atoms with Crippen LogP contribution < -0.4 is 4.74 Å². The van der Waals surface area contributed by atoms with Gasteiger partial charge in [-0.1, -0.05) is 0 Å². The maximum Gasteiger partial charge on any atom is 0.311 e. The first-order valence-corrected chi connectivity index (χ1v) is 4.93. The first-order chi connectivity index (χ1) is 8.02. The van der Waals surface area contributed by atoms with E-state index in [0.29, 0.717) is 6.29 Å². The third kappa shape index (κ3) is 2.47. The smallest absolute Gasteiger partial charge is 0.311 e. The summed E-state index contributed by atoms with van der Waals surface area (Å²) in [6, 6.07) is 2.42. The number of ether oxygens (including phenoxy) is 1. The van der Waals surface area contributed by atoms with Crippen LogP contribution in [0.5, 0.6) is 5.75 Å². The Balaban J connectivity index is 3.54. The number of nitro groups is 1. The molecule has 1 aromatic rings. The van der Waals surface area contributed by atoms with Crippen LogP contribution in [-0.4, -0.2) is 23.6 Å². The highest BCUT2D eigenvalue weighted by atomic mass is 16.6. The number of hydrogen-bond donors (Lipinski definition) is 0. The third-order valence-corrected chi connectivity index (χ3v) is 2.16. The van der Waals surface area contributed by atoms with Crippen molar-refractivity contribution in [3.8, 4) is 5.75 Å². The van der Waals surface area contributed by atoms with Gasteiger partial charge in [0, 0.05) is 11.6 Å². The van der Waals surface area contributed by atoms with E-state index in [-0.39, 0.29) is 35.0 Å². The van der Waals surface area contributed by atoms with Crippen LogP contribution in [-0.2, 0) is 0 Å². The van der Waals surface area contributed by atoms with Crippen molar-refractivity contribution in [2.45, 2.75) is 13.8 Å². The number of nitro benzene ring substituents is 1. The molecule has 0 unspecified atom stereocenters. The summed E-state index contributed by atoms with van der Waals surface area (Å²) in [4.78, 5) is 32.3. The highest BCUT2D eigenvalue weighted by Crippen LogP contribution is 2.32. The standard InChI is InChI=1S/C11H11NO5/c1-3-17-11-9(6-13)8(7(2)14)4-5-10(11)12(15)16/h4-6H,3H2,1-2H3. The highest BCUT2D eigenvalue weighted by molar-refractivity contribution is 6.03. The van der Waals surface area contributed by atoms with Crippen LogP contribution in [0.25, 0.3) is 0 Å². The second-order valence-corrected chi connectivity index (χ2v) is 3.24. The molecule has 6 heteroatoms. The van der Waals surface area contributed by atoms with Crippen molar-refractivity contribution < 1.29 is 19.2 Å². The monoisotopic (exact) mass is 237 g/mol. The summed E-state index contributed by atoms with van der Waals surface area (Å²) in [7, 11) is 0. The fourth-order valence-electron chi connectivity index (χ4n) is 1.45. The SMILES string of the molecule is CCOc1c([N+](=O)[O-])ccc(C(C)=O)c1C=O. The average molecular weight is 237 g/mol. The molecule has 0 aliphatic rings. The fourth-order valence-corrected chi connectivity index (χ4v) is 1.45. The minimum absolute atomic E-state index is 0.0754. The molecule has 0 atom stereocenters. The van der Waals surface area contributed by atoms with E-state index in [4.69, 9.17) is 4.74 Å². The number of carbonyl (C=O) groups excluding carboxylic acids is 2. The summed E-state index contributed by atoms with van der Waals surface area (Å²) in [6.45, 7) is 3.09. The van der Waals surface area contributed by atoms with Crippen molar-refractivity contribution in [3.63, 3.8) is 0 Å². The van der Waals surface area contributed by atoms with Crippen molar-refractivity contribution in [1.82, 2.24) is 0 Å². The van der Waals surface area contributed by atoms with E-state index in [1.54, 1.807) is 6.92 Å². The van der Waals surface area contributed by atoms with Gasteiger partial charge in [0.2, 0.25) is 5.75 Å². The Morgan fingerprint density at radius 2 is 2.18 bits per heavy atom. The molecule has 90 valence electrons. The Morgan fingerprint density at radius 3 is 2.59 bits per heavy atom. The first kappa shape index (κ1) is 12.8. The Labute approximate surface area is 97.3 Å². The van der Waals surface area contributed by atoms with Crippen molar-refractivity contribution in [2.24, 2.45) is 0 Å². The lowest BCUT2D eigenvalue weighted by molar-refractivity contribution is -0.385. The number of hydrogen-bond acceptors (Lipinski definition) is 5. The fraction of sp³-hybridized carbons (Fsp3) is 0.273. The van der Waals surface area contributed by atoms with Gasteiger partial charge in [-0.3, -0.25) is 19.7 Å². The molecule has 0 amide bonds. The largest absolute Gasteiger partial charge is 0.487 e. The van der Waals surface area contributed by atoms with Gasteiger partial charge in [0.05, 0.1) is 17.1 Å². The maximum atomic E-state index is 11.3. The van der Waals surface area contributed by atoms with Gasteiger partial charge in [-0.2, -0.15) is 0 Å². The minimum Gasteiger partial charge on any atom is -0.487 e. The molecule has 0 aromatic heterocycles. The second kappa shape index (κ2) is 5.20. The summed E-state index contributed by atoms with van der Waals surface area (Å²) >= 11 is 0. The van der Waals surface area contributed by atoms with Gasteiger partial charge in [0.15, 0.2) is 12.1 Å². The zero-order valence-electron chi connectivity index (χ0n) is 9.43. The van der Waals surface area contributed by atoms with Gasteiger partial charge in [-0.25, -0.2) is 0 Å². The van der Waals surface area contributed by atoms with Crippen molar-refractivity contribution in [2.75, 3.05) is 6.61 Å². The molecule has 0 radical (unpaired) electrons. The molecule has 0 heterocycles. The summed E-state index contributed by atoms with van der Waals surface area (Å²) < 4.78 is 5.09. The molecule has 0 saturated heterocycles. The molecule has 0 N–H and O–H groups in total. The minimum atomic E-state index is -0.651. The van der Waals surface area contributed by atoms with E-state index < -0.39 is 4.92 Å². The third-order valence-electron chi connectivity index (χ3n) is 2.16. The summed E-state index contributed by atoms with van der Waals surface area (Å²) in [5.41, 5.74) is -0.276. The first-order valence-electron chi connectivity index (χ1n) is 4.93. The Kier molecular flexibility index (Phi) is 3.92. The topological polar surface area (TPSA) is 86.5 Å². The molecule has 0 spiro atoms. The Morgan fingerprint density at radius 1 is 1.53 bits per heavy atom. The van der Waals surface area contributed by atoms with Crippen LogP contribution >= 0.6 is 0 Å². The molecular formula is C11H11NO5. The van der Waals surface area contributed by atoms with E-state index in [2.05, 4.69) is 0 Å². The van der Waals surface area contributed by atoms with E-state index >= 15 is 0 Å². The van der Waals surface area contributed by atoms with Gasteiger partial charge >= 0.3 is 5.69 Å². The van der Waals surface area contributed by atoms with Crippen LogP contribution in [0, 0.1) is 10.1 Å². The van der Waals surface area contributed by atoms with Crippen LogP contribution in [0.4, 0.5) is 5.69 Å². The molecule has 0 saturated carbocycles. The molecule has 17 heavy (non-hydrogen) atoms. The van der Waals surface area contributed by atoms with Crippen LogP contribution in [0.3, 0.4) is 0 Å². The van der Waals surface area contributed by atoms with E-state index in [0.717, 1.165) is 6.07 Å². The van der Waals surface area contributed by atoms with Crippen molar-refractivity contribution in [1.29, 1.82) is 0 Å². The number of aldehydes is 1. The Bertz CT molecular complexity index is 481. The van der Waals surface area contributed by atoms with Crippen LogP contribution in [0.1, 0.15) is 34.6 Å². The number of carbonyl (C=O) groups is 2. The molecule has 0 aliphatic carbocycles. The summed E-state index contributed by atoms with van der Waals surface area (Å²) in [5, 5.41) is 10.8. The van der Waals surface area contributed by atoms with E-state index in [1.165, 1.54) is 13.0 Å². The van der Waals surface area contributed by atoms with Gasteiger partial charge in [0.1, 0.15) is 0 Å². The lowest BCUT2D eigenvalue weighted by Crippen LogP contribution is -2.06. The number of nitrogens with zero attached hydrogens (tertiary/aromatic N) is 1. The average Bonchev–Trinajstić information content (AvgIpc) is 2.28. The van der Waals surface area contributed by atoms with E-state index in [1.807, 2.05) is 0 Å². The number of benzene rings is 1. The Hall–Kier alpha value is -2.24. The molecule has 1 aromatic carbocycles. The lowest BCUT2D eigenvalue weighted by Gasteiger charge is -2.09. The maximum absolute atomic E-state index is 11.3. The zero-order chi connectivity index (χ0) is 13.0. The summed E-state index contributed by atoms with van der Waals surface area (Å²) in [5.74, 6) is -0.497. The quantitative estimate of drug-likeness (QED) is 0.338. The van der Waals surface area contributed by atoms with Gasteiger partial charge < -0.3 is 4.74 Å². The van der Waals surface area contributed by atoms with Gasteiger partial charge in [-0.15, -0.1) is 0 Å². The molecule has 1 rings (SSSR count). The predicted molar refractivity (Wildman–Crippen MR) is 59.7 cm³/mol.